The van der Waals surface area contributed by atoms with Crippen molar-refractivity contribution >= 4 is 61.8 Å². The summed E-state index contributed by atoms with van der Waals surface area (Å²) in [6, 6.07) is 0. The molecule has 0 saturated heterocycles. The van der Waals surface area contributed by atoms with Gasteiger partial charge in [-0.2, -0.15) is 8.42 Å². The molecule has 0 aliphatic heterocycles. The van der Waals surface area contributed by atoms with Crippen molar-refractivity contribution < 1.29 is 17.2 Å². The summed E-state index contributed by atoms with van der Waals surface area (Å²) in [5.41, 5.74) is 0. The van der Waals surface area contributed by atoms with E-state index < -0.39 is 10.4 Å². The molecule has 1 radical (unpaired) electrons. The smallest absolute Gasteiger partial charge is 0.264 e. The minimum Gasteiger partial charge on any atom is -0.264 e. The predicted octanol–water partition coefficient (Wildman–Crippen LogP) is 6.47. The van der Waals surface area contributed by atoms with E-state index in [2.05, 4.69) is 11.1 Å². The van der Waals surface area contributed by atoms with Crippen molar-refractivity contribution in [1.82, 2.24) is 0 Å². The van der Waals surface area contributed by atoms with Crippen molar-refractivity contribution in [2.24, 2.45) is 0 Å². The normalized spacial score (nSPS) is 11.5. The number of hydrogen-bond acceptors (Lipinski definition) is 3. The van der Waals surface area contributed by atoms with Crippen molar-refractivity contribution in [2.75, 3.05) is 6.61 Å². The van der Waals surface area contributed by atoms with E-state index in [1.54, 1.807) is 0 Å². The maximum Gasteiger partial charge on any atom is 0.397 e. The Bertz CT molecular complexity index is 361. The zero-order valence-corrected chi connectivity index (χ0v) is 21.5. The first-order chi connectivity index (χ1) is 12.1. The molecule has 0 aliphatic carbocycles. The molecular weight excluding hydrogens is 375 g/mol. The molecule has 0 fully saturated rings. The van der Waals surface area contributed by atoms with Crippen LogP contribution in [0.3, 0.4) is 0 Å². The standard InChI is InChI=1S/C20H42O4S.K/c1-2-3-4-5-6-7-8-9-10-11-12-13-14-15-16-17-18-19-20-24-25(21,22)23;/h2-20H2,1H3,(H,21,22,23);. The first-order valence-corrected chi connectivity index (χ1v) is 12.0. The Morgan fingerprint density at radius 2 is 0.846 bits per heavy atom. The third kappa shape index (κ3) is 27.7. The van der Waals surface area contributed by atoms with Gasteiger partial charge in [-0.25, -0.2) is 4.18 Å². The quantitative estimate of drug-likeness (QED) is 0.140. The van der Waals surface area contributed by atoms with E-state index in [9.17, 15) is 8.42 Å². The van der Waals surface area contributed by atoms with Crippen molar-refractivity contribution in [3.8, 4) is 0 Å². The Labute approximate surface area is 206 Å². The minimum absolute atomic E-state index is 0. The molecule has 0 aliphatic rings. The van der Waals surface area contributed by atoms with Crippen LogP contribution in [0, 0.1) is 0 Å². The first kappa shape index (κ1) is 29.7. The van der Waals surface area contributed by atoms with Gasteiger partial charge in [0.2, 0.25) is 0 Å². The zero-order chi connectivity index (χ0) is 18.6. The summed E-state index contributed by atoms with van der Waals surface area (Å²) >= 11 is 0. The number of hydrogen-bond donors (Lipinski definition) is 1. The fraction of sp³-hybridized carbons (Fsp3) is 1.00. The zero-order valence-electron chi connectivity index (χ0n) is 17.5. The van der Waals surface area contributed by atoms with Crippen molar-refractivity contribution in [3.63, 3.8) is 0 Å². The van der Waals surface area contributed by atoms with Crippen LogP contribution in [0.2, 0.25) is 0 Å². The first-order valence-electron chi connectivity index (χ1n) is 10.7. The second-order valence-corrected chi connectivity index (χ2v) is 8.35. The van der Waals surface area contributed by atoms with Gasteiger partial charge in [0.1, 0.15) is 0 Å². The maximum atomic E-state index is 10.3. The summed E-state index contributed by atoms with van der Waals surface area (Å²) in [7, 11) is -4.25. The van der Waals surface area contributed by atoms with Crippen LogP contribution in [0.5, 0.6) is 0 Å². The molecule has 1 N–H and O–H groups in total. The molecule has 26 heavy (non-hydrogen) atoms. The van der Waals surface area contributed by atoms with Gasteiger partial charge in [0.15, 0.2) is 0 Å². The second-order valence-electron chi connectivity index (χ2n) is 7.26. The van der Waals surface area contributed by atoms with Gasteiger partial charge in [-0.05, 0) is 6.42 Å². The van der Waals surface area contributed by atoms with Gasteiger partial charge in [-0.1, -0.05) is 116 Å². The fourth-order valence-corrected chi connectivity index (χ4v) is 3.50. The topological polar surface area (TPSA) is 63.6 Å². The van der Waals surface area contributed by atoms with Gasteiger partial charge in [0, 0.05) is 51.4 Å². The molecule has 6 heteroatoms. The van der Waals surface area contributed by atoms with Gasteiger partial charge in [0.25, 0.3) is 0 Å². The van der Waals surface area contributed by atoms with Crippen molar-refractivity contribution in [1.29, 1.82) is 0 Å². The molecule has 0 spiro atoms. The molecule has 0 unspecified atom stereocenters. The minimum atomic E-state index is -4.25. The van der Waals surface area contributed by atoms with Crippen LogP contribution in [0.25, 0.3) is 0 Å². The third-order valence-corrected chi connectivity index (χ3v) is 5.19. The van der Waals surface area contributed by atoms with Crippen LogP contribution in [0.15, 0.2) is 0 Å². The average molecular weight is 418 g/mol. The molecule has 4 nitrogen and oxygen atoms in total. The van der Waals surface area contributed by atoms with E-state index in [0.717, 1.165) is 12.8 Å². The molecule has 0 amide bonds. The summed E-state index contributed by atoms with van der Waals surface area (Å²) in [6.45, 7) is 2.37. The predicted molar refractivity (Wildman–Crippen MR) is 112 cm³/mol. The largest absolute Gasteiger partial charge is 0.397 e. The molecule has 0 saturated carbocycles. The van der Waals surface area contributed by atoms with Gasteiger partial charge < -0.3 is 0 Å². The Morgan fingerprint density at radius 3 is 1.12 bits per heavy atom. The summed E-state index contributed by atoms with van der Waals surface area (Å²) in [4.78, 5) is 0. The molecule has 0 aromatic heterocycles. The molecule has 153 valence electrons. The van der Waals surface area contributed by atoms with Crippen LogP contribution >= 0.6 is 0 Å². The Morgan fingerprint density at radius 1 is 0.577 bits per heavy atom. The molecule has 0 aromatic carbocycles. The molecular formula is C20H42KO4S. The number of rotatable bonds is 20. The van der Waals surface area contributed by atoms with E-state index in [1.807, 2.05) is 0 Å². The van der Waals surface area contributed by atoms with Gasteiger partial charge >= 0.3 is 10.4 Å². The van der Waals surface area contributed by atoms with E-state index >= 15 is 0 Å². The third-order valence-electron chi connectivity index (χ3n) is 4.73. The average Bonchev–Trinajstić information content (AvgIpc) is 2.56. The number of unbranched alkanes of at least 4 members (excludes halogenated alkanes) is 17. The van der Waals surface area contributed by atoms with E-state index in [0.29, 0.717) is 6.42 Å². The van der Waals surface area contributed by atoms with Crippen molar-refractivity contribution in [2.45, 2.75) is 122 Å². The van der Waals surface area contributed by atoms with Gasteiger partial charge in [-0.3, -0.25) is 4.55 Å². The van der Waals surface area contributed by atoms with E-state index in [1.165, 1.54) is 96.3 Å². The van der Waals surface area contributed by atoms with Crippen LogP contribution in [-0.4, -0.2) is 71.0 Å². The van der Waals surface area contributed by atoms with Crippen LogP contribution in [0.4, 0.5) is 0 Å². The van der Waals surface area contributed by atoms with Gasteiger partial charge in [0.05, 0.1) is 6.61 Å². The Balaban J connectivity index is 0. The Hall–Kier alpha value is 1.51. The van der Waals surface area contributed by atoms with Crippen molar-refractivity contribution in [3.05, 3.63) is 0 Å². The summed E-state index contributed by atoms with van der Waals surface area (Å²) in [5.74, 6) is 0. The fourth-order valence-electron chi connectivity index (χ4n) is 3.17. The molecule has 0 aromatic rings. The summed E-state index contributed by atoms with van der Waals surface area (Å²) < 4.78 is 33.4. The monoisotopic (exact) mass is 417 g/mol. The molecule has 0 atom stereocenters. The van der Waals surface area contributed by atoms with E-state index in [4.69, 9.17) is 4.55 Å². The van der Waals surface area contributed by atoms with E-state index in [-0.39, 0.29) is 58.0 Å². The van der Waals surface area contributed by atoms with Crippen LogP contribution in [-0.2, 0) is 14.6 Å². The van der Waals surface area contributed by atoms with Crippen LogP contribution < -0.4 is 0 Å². The second kappa shape index (κ2) is 22.8. The Kier molecular flexibility index (Phi) is 26.0. The molecule has 0 rings (SSSR count). The maximum absolute atomic E-state index is 10.3. The molecule has 0 heterocycles. The van der Waals surface area contributed by atoms with Crippen LogP contribution in [0.1, 0.15) is 122 Å². The SMILES string of the molecule is CCCCCCCCCCCCCCCCCCCCOS(=O)(=O)O.[K]. The summed E-state index contributed by atoms with van der Waals surface area (Å²) in [6.07, 6.45) is 23.4. The summed E-state index contributed by atoms with van der Waals surface area (Å²) in [5, 5.41) is 0. The van der Waals surface area contributed by atoms with Gasteiger partial charge in [-0.15, -0.1) is 0 Å². The molecule has 0 bridgehead atoms.